The van der Waals surface area contributed by atoms with Crippen molar-refractivity contribution in [3.8, 4) is 0 Å². The molecule has 0 aromatic rings. The average Bonchev–Trinajstić information content (AvgIpc) is 3.11. The molecule has 0 aliphatic carbocycles. The van der Waals surface area contributed by atoms with Crippen molar-refractivity contribution in [2.45, 2.75) is 58.8 Å². The van der Waals surface area contributed by atoms with E-state index in [1.165, 1.54) is 0 Å². The van der Waals surface area contributed by atoms with Crippen LogP contribution in [0.3, 0.4) is 0 Å². The van der Waals surface area contributed by atoms with Crippen molar-refractivity contribution in [2.75, 3.05) is 159 Å². The molecule has 0 N–H and O–H groups in total. The van der Waals surface area contributed by atoms with E-state index in [0.717, 1.165) is 32.1 Å². The summed E-state index contributed by atoms with van der Waals surface area (Å²) in [6, 6.07) is 0. The molecule has 50 heavy (non-hydrogen) atoms. The summed E-state index contributed by atoms with van der Waals surface area (Å²) in [7, 11) is 0. The zero-order chi connectivity index (χ0) is 36.3. The Morgan fingerprint density at radius 3 is 0.760 bits per heavy atom. The maximum atomic E-state index is 11.5. The van der Waals surface area contributed by atoms with Crippen LogP contribution in [-0.4, -0.2) is 171 Å². The molecule has 0 saturated carbocycles. The van der Waals surface area contributed by atoms with Gasteiger partial charge in [0.05, 0.1) is 145 Å². The van der Waals surface area contributed by atoms with Crippen LogP contribution in [0.25, 0.3) is 0 Å². The summed E-state index contributed by atoms with van der Waals surface area (Å²) < 4.78 is 70.0. The summed E-state index contributed by atoms with van der Waals surface area (Å²) in [5.41, 5.74) is 0. The third-order valence-corrected chi connectivity index (χ3v) is 6.39. The highest BCUT2D eigenvalue weighted by atomic mass is 16.6. The van der Waals surface area contributed by atoms with E-state index in [-0.39, 0.29) is 25.2 Å². The summed E-state index contributed by atoms with van der Waals surface area (Å²) >= 11 is 0. The van der Waals surface area contributed by atoms with Crippen molar-refractivity contribution >= 4 is 11.9 Å². The molecule has 0 fully saturated rings. The molecule has 0 rings (SSSR count). The minimum atomic E-state index is -0.191. The zero-order valence-electron chi connectivity index (χ0n) is 31.0. The first-order valence-corrected chi connectivity index (χ1v) is 18.4. The molecule has 0 saturated heterocycles. The van der Waals surface area contributed by atoms with E-state index >= 15 is 0 Å². The van der Waals surface area contributed by atoms with Gasteiger partial charge >= 0.3 is 11.9 Å². The monoisotopic (exact) mass is 728 g/mol. The molecule has 0 unspecified atom stereocenters. The molecule has 0 radical (unpaired) electrons. The lowest BCUT2D eigenvalue weighted by atomic mass is 10.2. The minimum absolute atomic E-state index is 0.156. The lowest BCUT2D eigenvalue weighted by molar-refractivity contribution is -0.146. The van der Waals surface area contributed by atoms with Gasteiger partial charge in [0, 0.05) is 12.8 Å². The molecule has 0 aliphatic heterocycles. The second-order valence-corrected chi connectivity index (χ2v) is 10.7. The number of carbonyl (C=O) groups is 2. The summed E-state index contributed by atoms with van der Waals surface area (Å²) in [4.78, 5) is 22.7. The van der Waals surface area contributed by atoms with Crippen LogP contribution in [0.4, 0.5) is 0 Å². The first-order valence-electron chi connectivity index (χ1n) is 18.4. The molecule has 0 aromatic carbocycles. The second-order valence-electron chi connectivity index (χ2n) is 10.7. The molecule has 0 aliphatic rings. The van der Waals surface area contributed by atoms with E-state index in [0.29, 0.717) is 158 Å². The van der Waals surface area contributed by atoms with E-state index in [1.807, 2.05) is 6.92 Å². The third-order valence-electron chi connectivity index (χ3n) is 6.39. The van der Waals surface area contributed by atoms with E-state index < -0.39 is 0 Å². The second kappa shape index (κ2) is 43.7. The molecular formula is C35H68O15. The molecule has 0 aromatic heterocycles. The van der Waals surface area contributed by atoms with Crippen LogP contribution in [0.1, 0.15) is 58.8 Å². The highest BCUT2D eigenvalue weighted by Crippen LogP contribution is 2.03. The Kier molecular flexibility index (Phi) is 42.4. The van der Waals surface area contributed by atoms with Crippen LogP contribution in [0.5, 0.6) is 0 Å². The largest absolute Gasteiger partial charge is 0.463 e. The Balaban J connectivity index is 3.10. The smallest absolute Gasteiger partial charge is 0.305 e. The lowest BCUT2D eigenvalue weighted by Gasteiger charge is -2.09. The average molecular weight is 729 g/mol. The lowest BCUT2D eigenvalue weighted by Crippen LogP contribution is -2.16. The van der Waals surface area contributed by atoms with Crippen molar-refractivity contribution in [3.63, 3.8) is 0 Å². The van der Waals surface area contributed by atoms with Crippen LogP contribution in [0.2, 0.25) is 0 Å². The summed E-state index contributed by atoms with van der Waals surface area (Å²) in [5.74, 6) is -0.347. The van der Waals surface area contributed by atoms with Gasteiger partial charge in [-0.1, -0.05) is 33.1 Å². The standard InChI is InChI=1S/C35H68O15/c1-3-5-6-7-9-35(37)50-33-31-48-29-27-46-25-23-44-21-19-42-17-15-40-13-11-38-10-12-39-14-16-41-18-20-43-22-24-45-26-28-47-30-32-49-34(36)8-4-2/h3-33H2,1-2H3. The van der Waals surface area contributed by atoms with Crippen LogP contribution in [0, 0.1) is 0 Å². The highest BCUT2D eigenvalue weighted by Gasteiger charge is 2.03. The van der Waals surface area contributed by atoms with Crippen molar-refractivity contribution in [3.05, 3.63) is 0 Å². The molecule has 15 nitrogen and oxygen atoms in total. The molecule has 298 valence electrons. The predicted molar refractivity (Wildman–Crippen MR) is 185 cm³/mol. The Morgan fingerprint density at radius 1 is 0.280 bits per heavy atom. The number of unbranched alkanes of at least 4 members (excludes halogenated alkanes) is 3. The van der Waals surface area contributed by atoms with Gasteiger partial charge in [-0.3, -0.25) is 9.59 Å². The van der Waals surface area contributed by atoms with Crippen molar-refractivity contribution in [1.82, 2.24) is 0 Å². The zero-order valence-corrected chi connectivity index (χ0v) is 31.0. The number of ether oxygens (including phenoxy) is 13. The summed E-state index contributed by atoms with van der Waals surface area (Å²) in [5, 5.41) is 0. The predicted octanol–water partition coefficient (Wildman–Crippen LogP) is 3.03. The molecule has 0 heterocycles. The minimum Gasteiger partial charge on any atom is -0.463 e. The van der Waals surface area contributed by atoms with E-state index in [9.17, 15) is 9.59 Å². The molecular weight excluding hydrogens is 660 g/mol. The van der Waals surface area contributed by atoms with Gasteiger partial charge < -0.3 is 61.6 Å². The number of hydrogen-bond acceptors (Lipinski definition) is 15. The van der Waals surface area contributed by atoms with E-state index in [1.54, 1.807) is 0 Å². The fourth-order valence-corrected chi connectivity index (χ4v) is 3.77. The van der Waals surface area contributed by atoms with Crippen molar-refractivity contribution < 1.29 is 71.2 Å². The SMILES string of the molecule is CCCCCCC(=O)OCCOCCOCCOCCOCCOCCOCCOCCOCCOCCOCCOCCOC(=O)CCC. The maximum absolute atomic E-state index is 11.5. The third kappa shape index (κ3) is 42.7. The molecule has 15 heteroatoms. The van der Waals surface area contributed by atoms with Gasteiger partial charge in [-0.25, -0.2) is 0 Å². The normalized spacial score (nSPS) is 11.3. The fraction of sp³-hybridized carbons (Fsp3) is 0.943. The Bertz CT molecular complexity index is 686. The van der Waals surface area contributed by atoms with E-state index in [2.05, 4.69) is 6.92 Å². The van der Waals surface area contributed by atoms with Gasteiger partial charge in [0.15, 0.2) is 0 Å². The summed E-state index contributed by atoms with van der Waals surface area (Å²) in [6.07, 6.45) is 5.96. The van der Waals surface area contributed by atoms with Crippen LogP contribution < -0.4 is 0 Å². The Hall–Kier alpha value is -1.50. The van der Waals surface area contributed by atoms with Gasteiger partial charge in [-0.05, 0) is 12.8 Å². The number of rotatable bonds is 43. The van der Waals surface area contributed by atoms with Gasteiger partial charge in [-0.15, -0.1) is 0 Å². The van der Waals surface area contributed by atoms with Crippen LogP contribution >= 0.6 is 0 Å². The molecule has 0 atom stereocenters. The topological polar surface area (TPSA) is 154 Å². The van der Waals surface area contributed by atoms with Gasteiger partial charge in [0.2, 0.25) is 0 Å². The quantitative estimate of drug-likeness (QED) is 0.0667. The van der Waals surface area contributed by atoms with Gasteiger partial charge in [-0.2, -0.15) is 0 Å². The number of esters is 2. The van der Waals surface area contributed by atoms with E-state index in [4.69, 9.17) is 61.6 Å². The summed E-state index contributed by atoms with van der Waals surface area (Å²) in [6.45, 7) is 15.0. The Labute approximate surface area is 300 Å². The Morgan fingerprint density at radius 2 is 0.520 bits per heavy atom. The highest BCUT2D eigenvalue weighted by molar-refractivity contribution is 5.69. The van der Waals surface area contributed by atoms with Crippen molar-refractivity contribution in [2.24, 2.45) is 0 Å². The fourth-order valence-electron chi connectivity index (χ4n) is 3.77. The first-order chi connectivity index (χ1) is 24.7. The van der Waals surface area contributed by atoms with Gasteiger partial charge in [0.1, 0.15) is 13.2 Å². The number of hydrogen-bond donors (Lipinski definition) is 0. The maximum Gasteiger partial charge on any atom is 0.305 e. The van der Waals surface area contributed by atoms with Crippen LogP contribution in [-0.2, 0) is 71.2 Å². The van der Waals surface area contributed by atoms with Gasteiger partial charge in [0.25, 0.3) is 0 Å². The molecule has 0 bridgehead atoms. The number of carbonyl (C=O) groups excluding carboxylic acids is 2. The van der Waals surface area contributed by atoms with Crippen LogP contribution in [0.15, 0.2) is 0 Å². The molecule has 0 spiro atoms. The first kappa shape index (κ1) is 48.5. The molecule has 0 amide bonds. The van der Waals surface area contributed by atoms with Crippen molar-refractivity contribution in [1.29, 1.82) is 0 Å².